The van der Waals surface area contributed by atoms with Crippen LogP contribution in [0.4, 0.5) is 5.69 Å². The van der Waals surface area contributed by atoms with E-state index >= 15 is 0 Å². The van der Waals surface area contributed by atoms with Crippen molar-refractivity contribution < 1.29 is 9.53 Å². The van der Waals surface area contributed by atoms with Crippen molar-refractivity contribution in [2.24, 2.45) is 4.99 Å². The van der Waals surface area contributed by atoms with Crippen LogP contribution in [-0.2, 0) is 11.2 Å². The molecule has 1 amide bonds. The zero-order chi connectivity index (χ0) is 26.3. The minimum absolute atomic E-state index is 0.142. The van der Waals surface area contributed by atoms with Crippen LogP contribution in [0.2, 0.25) is 19.6 Å². The number of unbranched alkanes of at least 4 members (excludes halogenated alkanes) is 1. The minimum atomic E-state index is -1.73. The number of ether oxygens (including phenoxy) is 1. The van der Waals surface area contributed by atoms with Gasteiger partial charge in [0.15, 0.2) is 0 Å². The second-order valence-electron chi connectivity index (χ2n) is 10.2. The highest BCUT2D eigenvalue weighted by atomic mass is 28.3. The molecule has 190 valence electrons. The monoisotopic (exact) mass is 501 g/mol. The number of nitrogens with one attached hydrogen (secondary N) is 1. The van der Waals surface area contributed by atoms with Crippen LogP contribution in [0, 0.1) is 11.5 Å². The molecular formula is C30H39N3O2Si. The summed E-state index contributed by atoms with van der Waals surface area (Å²) in [5.74, 6) is 3.70. The molecule has 5 nitrogen and oxygen atoms in total. The molecule has 1 N–H and O–H groups in total. The van der Waals surface area contributed by atoms with Gasteiger partial charge in [-0.3, -0.25) is 15.1 Å². The van der Waals surface area contributed by atoms with Gasteiger partial charge in [-0.2, -0.15) is 0 Å². The van der Waals surface area contributed by atoms with E-state index in [-0.39, 0.29) is 18.1 Å². The fourth-order valence-electron chi connectivity index (χ4n) is 4.51. The predicted molar refractivity (Wildman–Crippen MR) is 154 cm³/mol. The first kappa shape index (κ1) is 27.4. The van der Waals surface area contributed by atoms with Gasteiger partial charge in [0.05, 0.1) is 25.0 Å². The van der Waals surface area contributed by atoms with Crippen molar-refractivity contribution >= 4 is 32.5 Å². The Morgan fingerprint density at radius 1 is 1.28 bits per heavy atom. The normalized spacial score (nSPS) is 17.3. The molecule has 6 heteroatoms. The Bertz CT molecular complexity index is 1190. The van der Waals surface area contributed by atoms with Crippen molar-refractivity contribution in [3.05, 3.63) is 64.7 Å². The number of hydrogen-bond acceptors (Lipinski definition) is 4. The molecule has 2 atom stereocenters. The number of allylic oxidation sites excluding steroid dienone is 1. The Hall–Kier alpha value is -3.14. The maximum absolute atomic E-state index is 13.8. The zero-order valence-electron chi connectivity index (χ0n) is 22.5. The molecule has 36 heavy (non-hydrogen) atoms. The first-order chi connectivity index (χ1) is 17.2. The quantitative estimate of drug-likeness (QED) is 0.205. The fraction of sp³-hybridized carbons (Fsp3) is 0.400. The molecule has 1 aliphatic rings. The van der Waals surface area contributed by atoms with Gasteiger partial charge in [0.2, 0.25) is 0 Å². The Morgan fingerprint density at radius 3 is 2.69 bits per heavy atom. The Labute approximate surface area is 217 Å². The first-order valence-electron chi connectivity index (χ1n) is 12.7. The van der Waals surface area contributed by atoms with E-state index in [0.29, 0.717) is 6.42 Å². The largest absolute Gasteiger partial charge is 0.497 e. The number of fused-ring (bicyclic) bond motifs is 1. The molecule has 2 aromatic carbocycles. The van der Waals surface area contributed by atoms with Gasteiger partial charge in [-0.15, -0.1) is 5.54 Å². The Morgan fingerprint density at radius 2 is 2.06 bits per heavy atom. The van der Waals surface area contributed by atoms with E-state index in [2.05, 4.69) is 79.3 Å². The first-order valence-corrected chi connectivity index (χ1v) is 16.2. The number of aliphatic imine (C=N–C) groups is 1. The van der Waals surface area contributed by atoms with Crippen LogP contribution in [-0.4, -0.2) is 45.4 Å². The van der Waals surface area contributed by atoms with Crippen LogP contribution in [0.15, 0.2) is 47.5 Å². The third-order valence-corrected chi connectivity index (χ3v) is 7.12. The predicted octanol–water partition coefficient (Wildman–Crippen LogP) is 6.13. The van der Waals surface area contributed by atoms with Gasteiger partial charge in [-0.1, -0.05) is 57.3 Å². The lowest BCUT2D eigenvalue weighted by atomic mass is 9.85. The topological polar surface area (TPSA) is 53.9 Å². The number of benzene rings is 2. The third-order valence-electron chi connectivity index (χ3n) is 6.25. The molecule has 0 radical (unpaired) electrons. The van der Waals surface area contributed by atoms with Crippen LogP contribution in [0.1, 0.15) is 55.0 Å². The highest BCUT2D eigenvalue weighted by molar-refractivity contribution is 6.84. The van der Waals surface area contributed by atoms with Crippen molar-refractivity contribution in [1.29, 1.82) is 0 Å². The second kappa shape index (κ2) is 12.2. The van der Waals surface area contributed by atoms with Crippen LogP contribution >= 0.6 is 0 Å². The van der Waals surface area contributed by atoms with Crippen LogP contribution < -0.4 is 10.1 Å². The summed E-state index contributed by atoms with van der Waals surface area (Å²) in [7, 11) is -0.0425. The maximum Gasteiger partial charge on any atom is 0.299 e. The lowest BCUT2D eigenvalue weighted by molar-refractivity contribution is -0.130. The average molecular weight is 502 g/mol. The molecule has 2 aromatic rings. The third kappa shape index (κ3) is 6.54. The van der Waals surface area contributed by atoms with Crippen LogP contribution in [0.25, 0.3) is 6.08 Å². The summed E-state index contributed by atoms with van der Waals surface area (Å²) >= 11 is 0. The number of carbonyl (C=O) groups excluding carboxylic acids is 1. The van der Waals surface area contributed by atoms with E-state index in [0.717, 1.165) is 47.5 Å². The summed E-state index contributed by atoms with van der Waals surface area (Å²) in [5.41, 5.74) is 8.37. The summed E-state index contributed by atoms with van der Waals surface area (Å²) in [5, 5.41) is 3.66. The van der Waals surface area contributed by atoms with Gasteiger partial charge in [0.1, 0.15) is 13.8 Å². The molecule has 1 unspecified atom stereocenters. The van der Waals surface area contributed by atoms with Gasteiger partial charge < -0.3 is 9.64 Å². The zero-order valence-corrected chi connectivity index (χ0v) is 23.5. The van der Waals surface area contributed by atoms with Gasteiger partial charge >= 0.3 is 0 Å². The highest BCUT2D eigenvalue weighted by Gasteiger charge is 2.38. The van der Waals surface area contributed by atoms with E-state index < -0.39 is 8.07 Å². The van der Waals surface area contributed by atoms with E-state index in [1.807, 2.05) is 36.1 Å². The van der Waals surface area contributed by atoms with Crippen molar-refractivity contribution in [1.82, 2.24) is 10.2 Å². The summed E-state index contributed by atoms with van der Waals surface area (Å²) in [6, 6.07) is 12.0. The Balaban J connectivity index is 2.22. The summed E-state index contributed by atoms with van der Waals surface area (Å²) < 4.78 is 5.54. The number of nitrogens with zero attached hydrogens (tertiary/aromatic N) is 2. The molecule has 1 heterocycles. The molecule has 0 bridgehead atoms. The standard InChI is InChI=1S/C30H39N3O2Si/c1-8-10-17-32-28-21-24-20-25(35-4)13-14-26(24)30(33(28)29(34)16-18-36(5,6)7)23-12-15-27(31-3)22(19-23)11-9-2/h9,11-15,19-20,28,30,32H,3,8,10,17,21H2,1-2,4-7H3/b11-9-/t28-,30?/m1/s1. The highest BCUT2D eigenvalue weighted by Crippen LogP contribution is 2.40. The number of hydrogen-bond donors (Lipinski definition) is 1. The lowest BCUT2D eigenvalue weighted by Crippen LogP contribution is -2.54. The van der Waals surface area contributed by atoms with E-state index in [1.165, 1.54) is 5.56 Å². The van der Waals surface area contributed by atoms with Crippen molar-refractivity contribution in [3.63, 3.8) is 0 Å². The Kier molecular flexibility index (Phi) is 9.30. The summed E-state index contributed by atoms with van der Waals surface area (Å²) in [6.07, 6.45) is 6.66. The van der Waals surface area contributed by atoms with Crippen molar-refractivity contribution in [2.45, 2.75) is 65.0 Å². The molecular weight excluding hydrogens is 462 g/mol. The minimum Gasteiger partial charge on any atom is -0.497 e. The molecule has 3 rings (SSSR count). The van der Waals surface area contributed by atoms with Crippen molar-refractivity contribution in [3.8, 4) is 17.2 Å². The molecule has 0 spiro atoms. The van der Waals surface area contributed by atoms with E-state index in [4.69, 9.17) is 4.74 Å². The second-order valence-corrected chi connectivity index (χ2v) is 14.9. The SMILES string of the molecule is C=Nc1ccc(C2c3ccc(OC)cc3C[C@H](NCCCC)N2C(=O)C#C[Si](C)(C)C)cc1/C=C\C. The molecule has 0 fully saturated rings. The van der Waals surface area contributed by atoms with Crippen LogP contribution in [0.3, 0.4) is 0 Å². The molecule has 0 saturated carbocycles. The summed E-state index contributed by atoms with van der Waals surface area (Å²) in [6.45, 7) is 15.2. The van der Waals surface area contributed by atoms with Gasteiger partial charge in [0, 0.05) is 12.0 Å². The maximum atomic E-state index is 13.8. The number of carbonyl (C=O) groups is 1. The van der Waals surface area contributed by atoms with Gasteiger partial charge in [-0.25, -0.2) is 0 Å². The molecule has 1 aliphatic heterocycles. The fourth-order valence-corrected chi connectivity index (χ4v) is 4.99. The number of rotatable bonds is 8. The summed E-state index contributed by atoms with van der Waals surface area (Å²) in [4.78, 5) is 19.9. The van der Waals surface area contributed by atoms with Crippen LogP contribution in [0.5, 0.6) is 5.75 Å². The number of methoxy groups -OCH3 is 1. The van der Waals surface area contributed by atoms with Crippen molar-refractivity contribution in [2.75, 3.05) is 13.7 Å². The van der Waals surface area contributed by atoms with E-state index in [9.17, 15) is 4.79 Å². The molecule has 0 saturated heterocycles. The van der Waals surface area contributed by atoms with Gasteiger partial charge in [-0.05, 0) is 73.5 Å². The average Bonchev–Trinajstić information content (AvgIpc) is 2.86. The smallest absolute Gasteiger partial charge is 0.299 e. The van der Waals surface area contributed by atoms with E-state index in [1.54, 1.807) is 7.11 Å². The lowest BCUT2D eigenvalue weighted by Gasteiger charge is -2.43. The molecule has 0 aliphatic carbocycles. The molecule has 0 aromatic heterocycles. The number of amides is 1. The van der Waals surface area contributed by atoms with Gasteiger partial charge in [0.25, 0.3) is 5.91 Å².